The standard InChI is InChI=1S/C7H16N2O/c1-4-9-7(8-2)5-6-10-3/h4-6H2,1-3H3,(H,8,9). The van der Waals surface area contributed by atoms with Crippen LogP contribution in [-0.4, -0.2) is 33.1 Å². The fraction of sp³-hybridized carbons (Fsp3) is 0.857. The van der Waals surface area contributed by atoms with Crippen LogP contribution in [-0.2, 0) is 4.74 Å². The number of amidine groups is 1. The fourth-order valence-electron chi connectivity index (χ4n) is 0.673. The van der Waals surface area contributed by atoms with Crippen molar-refractivity contribution < 1.29 is 4.74 Å². The summed E-state index contributed by atoms with van der Waals surface area (Å²) in [5.74, 6) is 1.02. The number of ether oxygens (including phenoxy) is 1. The number of methoxy groups -OCH3 is 1. The van der Waals surface area contributed by atoms with Crippen LogP contribution in [0.25, 0.3) is 0 Å². The molecule has 0 aliphatic carbocycles. The summed E-state index contributed by atoms with van der Waals surface area (Å²) in [5.41, 5.74) is 0. The Bertz CT molecular complexity index is 102. The van der Waals surface area contributed by atoms with Crippen molar-refractivity contribution in [2.45, 2.75) is 13.3 Å². The molecule has 1 N–H and O–H groups in total. The summed E-state index contributed by atoms with van der Waals surface area (Å²) in [5, 5.41) is 3.01. The molecule has 3 heteroatoms. The van der Waals surface area contributed by atoms with E-state index in [0.29, 0.717) is 0 Å². The lowest BCUT2D eigenvalue weighted by Crippen LogP contribution is -2.20. The maximum atomic E-state index is 4.90. The van der Waals surface area contributed by atoms with Gasteiger partial charge in [-0.1, -0.05) is 0 Å². The number of aliphatic imine (C=N–C) groups is 1. The predicted octanol–water partition coefficient (Wildman–Crippen LogP) is 0.661. The third-order valence-corrected chi connectivity index (χ3v) is 1.18. The van der Waals surface area contributed by atoms with Gasteiger partial charge in [0.2, 0.25) is 0 Å². The van der Waals surface area contributed by atoms with Gasteiger partial charge in [0, 0.05) is 27.1 Å². The first-order valence-corrected chi connectivity index (χ1v) is 3.55. The maximum Gasteiger partial charge on any atom is 0.0983 e. The lowest BCUT2D eigenvalue weighted by atomic mass is 10.4. The quantitative estimate of drug-likeness (QED) is 0.464. The largest absolute Gasteiger partial charge is 0.384 e. The van der Waals surface area contributed by atoms with Gasteiger partial charge in [0.15, 0.2) is 0 Å². The number of nitrogens with one attached hydrogen (secondary N) is 1. The summed E-state index contributed by atoms with van der Waals surface area (Å²) in [7, 11) is 3.57. The van der Waals surface area contributed by atoms with Crippen molar-refractivity contribution in [3.8, 4) is 0 Å². The zero-order chi connectivity index (χ0) is 7.82. The van der Waals surface area contributed by atoms with Crippen LogP contribution in [0, 0.1) is 0 Å². The molecule has 0 saturated heterocycles. The summed E-state index contributed by atoms with van der Waals surface area (Å²) in [6.45, 7) is 3.59. The molecule has 0 bridgehead atoms. The summed E-state index contributed by atoms with van der Waals surface area (Å²) >= 11 is 0. The van der Waals surface area contributed by atoms with E-state index in [4.69, 9.17) is 4.74 Å². The van der Waals surface area contributed by atoms with Crippen molar-refractivity contribution in [3.63, 3.8) is 0 Å². The van der Waals surface area contributed by atoms with Crippen LogP contribution in [0.3, 0.4) is 0 Å². The summed E-state index contributed by atoms with van der Waals surface area (Å²) < 4.78 is 4.90. The highest BCUT2D eigenvalue weighted by Gasteiger charge is 1.92. The molecule has 0 aromatic carbocycles. The second-order valence-corrected chi connectivity index (χ2v) is 1.91. The molecule has 0 amide bonds. The van der Waals surface area contributed by atoms with Crippen LogP contribution in [0.1, 0.15) is 13.3 Å². The molecule has 0 saturated carbocycles. The van der Waals surface area contributed by atoms with E-state index in [9.17, 15) is 0 Å². The minimum atomic E-state index is 0.736. The minimum Gasteiger partial charge on any atom is -0.384 e. The Kier molecular flexibility index (Phi) is 6.18. The molecule has 0 radical (unpaired) electrons. The van der Waals surface area contributed by atoms with E-state index < -0.39 is 0 Å². The van der Waals surface area contributed by atoms with Gasteiger partial charge in [-0.2, -0.15) is 0 Å². The van der Waals surface area contributed by atoms with E-state index in [2.05, 4.69) is 10.3 Å². The third-order valence-electron chi connectivity index (χ3n) is 1.18. The molecule has 0 spiro atoms. The van der Waals surface area contributed by atoms with Crippen LogP contribution in [0.5, 0.6) is 0 Å². The smallest absolute Gasteiger partial charge is 0.0983 e. The van der Waals surface area contributed by atoms with E-state index in [1.165, 1.54) is 0 Å². The van der Waals surface area contributed by atoms with Gasteiger partial charge in [-0.3, -0.25) is 4.99 Å². The van der Waals surface area contributed by atoms with Crippen molar-refractivity contribution in [1.29, 1.82) is 0 Å². The molecule has 0 heterocycles. The normalized spacial score (nSPS) is 11.7. The van der Waals surface area contributed by atoms with E-state index in [0.717, 1.165) is 25.4 Å². The molecule has 0 aliphatic heterocycles. The van der Waals surface area contributed by atoms with Gasteiger partial charge >= 0.3 is 0 Å². The van der Waals surface area contributed by atoms with Crippen molar-refractivity contribution >= 4 is 5.84 Å². The summed E-state index contributed by atoms with van der Waals surface area (Å²) in [6, 6.07) is 0. The number of hydrogen-bond acceptors (Lipinski definition) is 2. The Morgan fingerprint density at radius 1 is 1.60 bits per heavy atom. The van der Waals surface area contributed by atoms with Crippen molar-refractivity contribution in [2.24, 2.45) is 4.99 Å². The second-order valence-electron chi connectivity index (χ2n) is 1.91. The van der Waals surface area contributed by atoms with E-state index >= 15 is 0 Å². The average molecular weight is 144 g/mol. The maximum absolute atomic E-state index is 4.90. The van der Waals surface area contributed by atoms with Crippen LogP contribution in [0.15, 0.2) is 4.99 Å². The Balaban J connectivity index is 3.49. The highest BCUT2D eigenvalue weighted by Crippen LogP contribution is 1.83. The second kappa shape index (κ2) is 6.55. The van der Waals surface area contributed by atoms with Gasteiger partial charge in [0.05, 0.1) is 12.4 Å². The molecule has 0 unspecified atom stereocenters. The highest BCUT2D eigenvalue weighted by atomic mass is 16.5. The first-order valence-electron chi connectivity index (χ1n) is 3.55. The highest BCUT2D eigenvalue weighted by molar-refractivity contribution is 5.81. The lowest BCUT2D eigenvalue weighted by Gasteiger charge is -2.03. The molecule has 0 atom stereocenters. The first kappa shape index (κ1) is 9.43. The van der Waals surface area contributed by atoms with Crippen molar-refractivity contribution in [1.82, 2.24) is 5.32 Å². The molecule has 60 valence electrons. The molecule has 10 heavy (non-hydrogen) atoms. The summed E-state index contributed by atoms with van der Waals surface area (Å²) in [4.78, 5) is 4.21. The van der Waals surface area contributed by atoms with E-state index in [1.807, 2.05) is 14.0 Å². The Morgan fingerprint density at radius 2 is 2.30 bits per heavy atom. The molecular weight excluding hydrogens is 128 g/mol. The SMILES string of the molecule is CCN=C(CCOC)NC. The van der Waals surface area contributed by atoms with Crippen LogP contribution < -0.4 is 5.32 Å². The predicted molar refractivity (Wildman–Crippen MR) is 43.5 cm³/mol. The molecule has 3 nitrogen and oxygen atoms in total. The molecule has 0 aromatic heterocycles. The van der Waals surface area contributed by atoms with Gasteiger partial charge in [-0.15, -0.1) is 0 Å². The molecule has 0 rings (SSSR count). The van der Waals surface area contributed by atoms with Crippen LogP contribution in [0.2, 0.25) is 0 Å². The van der Waals surface area contributed by atoms with Gasteiger partial charge in [-0.25, -0.2) is 0 Å². The third kappa shape index (κ3) is 4.32. The van der Waals surface area contributed by atoms with Crippen molar-refractivity contribution in [3.05, 3.63) is 0 Å². The minimum absolute atomic E-state index is 0.736. The number of nitrogens with zero attached hydrogens (tertiary/aromatic N) is 1. The average Bonchev–Trinajstić information content (AvgIpc) is 1.98. The Morgan fingerprint density at radius 3 is 2.70 bits per heavy atom. The van der Waals surface area contributed by atoms with Gasteiger partial charge in [-0.05, 0) is 6.92 Å². The molecule has 0 aliphatic rings. The molecule has 0 aromatic rings. The zero-order valence-corrected chi connectivity index (χ0v) is 6.98. The van der Waals surface area contributed by atoms with Gasteiger partial charge in [0.1, 0.15) is 0 Å². The molecular formula is C7H16N2O. The fourth-order valence-corrected chi connectivity index (χ4v) is 0.673. The number of rotatable bonds is 4. The van der Waals surface area contributed by atoms with Gasteiger partial charge < -0.3 is 10.1 Å². The monoisotopic (exact) mass is 144 g/mol. The Hall–Kier alpha value is -0.570. The number of hydrogen-bond donors (Lipinski definition) is 1. The van der Waals surface area contributed by atoms with Crippen LogP contribution >= 0.6 is 0 Å². The van der Waals surface area contributed by atoms with E-state index in [-0.39, 0.29) is 0 Å². The lowest BCUT2D eigenvalue weighted by molar-refractivity contribution is 0.207. The summed E-state index contributed by atoms with van der Waals surface area (Å²) in [6.07, 6.45) is 0.876. The van der Waals surface area contributed by atoms with Crippen molar-refractivity contribution in [2.75, 3.05) is 27.3 Å². The van der Waals surface area contributed by atoms with E-state index in [1.54, 1.807) is 7.11 Å². The molecule has 0 fully saturated rings. The topological polar surface area (TPSA) is 33.6 Å². The van der Waals surface area contributed by atoms with Crippen LogP contribution in [0.4, 0.5) is 0 Å². The first-order chi connectivity index (χ1) is 4.85. The van der Waals surface area contributed by atoms with Gasteiger partial charge in [0.25, 0.3) is 0 Å². The Labute approximate surface area is 62.5 Å². The zero-order valence-electron chi connectivity index (χ0n) is 6.98.